The highest BCUT2D eigenvalue weighted by Gasteiger charge is 2.04. The summed E-state index contributed by atoms with van der Waals surface area (Å²) in [5.41, 5.74) is 1.15. The standard InChI is InChI=1S/C10H11NOS/c1-8(6-13-7-11)9-2-4-10(12)5-3-9/h2-5,8,12H,6H2,1H3. The SMILES string of the molecule is CC(CSC#N)c1ccc(O)cc1. The fourth-order valence-corrected chi connectivity index (χ4v) is 1.58. The van der Waals surface area contributed by atoms with E-state index in [0.29, 0.717) is 5.92 Å². The number of thiocyanates is 1. The number of phenols is 1. The van der Waals surface area contributed by atoms with Gasteiger partial charge in [-0.2, -0.15) is 5.26 Å². The molecule has 13 heavy (non-hydrogen) atoms. The summed E-state index contributed by atoms with van der Waals surface area (Å²) in [6.07, 6.45) is 0. The average molecular weight is 193 g/mol. The van der Waals surface area contributed by atoms with Crippen molar-refractivity contribution < 1.29 is 5.11 Å². The molecule has 0 saturated carbocycles. The Morgan fingerprint density at radius 3 is 2.62 bits per heavy atom. The lowest BCUT2D eigenvalue weighted by molar-refractivity contribution is 0.475. The van der Waals surface area contributed by atoms with Crippen LogP contribution in [0.4, 0.5) is 0 Å². The van der Waals surface area contributed by atoms with Gasteiger partial charge in [-0.05, 0) is 35.4 Å². The molecule has 0 saturated heterocycles. The van der Waals surface area contributed by atoms with E-state index in [2.05, 4.69) is 6.92 Å². The van der Waals surface area contributed by atoms with Crippen molar-refractivity contribution in [3.05, 3.63) is 29.8 Å². The molecule has 68 valence electrons. The van der Waals surface area contributed by atoms with Crippen LogP contribution in [0, 0.1) is 10.7 Å². The molecule has 0 aliphatic carbocycles. The molecule has 1 aromatic rings. The van der Waals surface area contributed by atoms with Crippen molar-refractivity contribution in [2.24, 2.45) is 0 Å². The van der Waals surface area contributed by atoms with Crippen molar-refractivity contribution in [3.8, 4) is 11.2 Å². The van der Waals surface area contributed by atoms with Crippen LogP contribution >= 0.6 is 11.8 Å². The Bertz CT molecular complexity index is 302. The summed E-state index contributed by atoms with van der Waals surface area (Å²) in [6, 6.07) is 7.11. The Hall–Kier alpha value is -1.14. The number of benzene rings is 1. The molecule has 1 rings (SSSR count). The molecule has 3 heteroatoms. The minimum absolute atomic E-state index is 0.281. The van der Waals surface area contributed by atoms with Crippen LogP contribution in [-0.4, -0.2) is 10.9 Å². The van der Waals surface area contributed by atoms with E-state index in [0.717, 1.165) is 11.3 Å². The molecule has 0 fully saturated rings. The molecule has 1 unspecified atom stereocenters. The first kappa shape index (κ1) is 9.94. The Morgan fingerprint density at radius 2 is 2.08 bits per heavy atom. The molecule has 1 N–H and O–H groups in total. The van der Waals surface area contributed by atoms with Crippen LogP contribution in [0.15, 0.2) is 24.3 Å². The summed E-state index contributed by atoms with van der Waals surface area (Å²) in [7, 11) is 0. The van der Waals surface area contributed by atoms with Crippen molar-refractivity contribution in [2.45, 2.75) is 12.8 Å². The molecular formula is C10H11NOS. The predicted octanol–water partition coefficient (Wildman–Crippen LogP) is 2.71. The summed E-state index contributed by atoms with van der Waals surface area (Å²) in [4.78, 5) is 0. The first-order valence-electron chi connectivity index (χ1n) is 4.04. The van der Waals surface area contributed by atoms with Gasteiger partial charge in [-0.3, -0.25) is 0 Å². The Kier molecular flexibility index (Phi) is 3.66. The Morgan fingerprint density at radius 1 is 1.46 bits per heavy atom. The zero-order chi connectivity index (χ0) is 9.68. The summed E-state index contributed by atoms with van der Waals surface area (Å²) >= 11 is 1.26. The molecule has 0 heterocycles. The maximum absolute atomic E-state index is 9.06. The topological polar surface area (TPSA) is 44.0 Å². The van der Waals surface area contributed by atoms with Gasteiger partial charge in [0.05, 0.1) is 0 Å². The van der Waals surface area contributed by atoms with E-state index in [1.807, 2.05) is 17.5 Å². The number of rotatable bonds is 3. The predicted molar refractivity (Wildman–Crippen MR) is 54.6 cm³/mol. The van der Waals surface area contributed by atoms with Gasteiger partial charge in [0.2, 0.25) is 0 Å². The molecule has 2 nitrogen and oxygen atoms in total. The normalized spacial score (nSPS) is 12.0. The number of hydrogen-bond acceptors (Lipinski definition) is 3. The molecule has 0 bridgehead atoms. The lowest BCUT2D eigenvalue weighted by Crippen LogP contribution is -1.95. The summed E-state index contributed by atoms with van der Waals surface area (Å²) in [5.74, 6) is 1.43. The van der Waals surface area contributed by atoms with Gasteiger partial charge in [-0.25, -0.2) is 0 Å². The van der Waals surface area contributed by atoms with Gasteiger partial charge in [0.1, 0.15) is 11.2 Å². The van der Waals surface area contributed by atoms with Crippen LogP contribution in [0.25, 0.3) is 0 Å². The third-order valence-corrected chi connectivity index (χ3v) is 2.66. The fraction of sp³-hybridized carbons (Fsp3) is 0.300. The summed E-state index contributed by atoms with van der Waals surface area (Å²) < 4.78 is 0. The van der Waals surface area contributed by atoms with Crippen LogP contribution in [0.1, 0.15) is 18.4 Å². The highest BCUT2D eigenvalue weighted by molar-refractivity contribution is 8.03. The van der Waals surface area contributed by atoms with E-state index >= 15 is 0 Å². The molecule has 1 atom stereocenters. The van der Waals surface area contributed by atoms with Crippen molar-refractivity contribution >= 4 is 11.8 Å². The van der Waals surface area contributed by atoms with Gasteiger partial charge < -0.3 is 5.11 Å². The van der Waals surface area contributed by atoms with Crippen LogP contribution in [0.5, 0.6) is 5.75 Å². The fourth-order valence-electron chi connectivity index (χ4n) is 1.06. The van der Waals surface area contributed by atoms with Crippen molar-refractivity contribution in [1.29, 1.82) is 5.26 Å². The van der Waals surface area contributed by atoms with Gasteiger partial charge in [-0.15, -0.1) is 0 Å². The van der Waals surface area contributed by atoms with E-state index in [-0.39, 0.29) is 5.75 Å². The first-order valence-corrected chi connectivity index (χ1v) is 5.02. The third kappa shape index (κ3) is 3.00. The minimum Gasteiger partial charge on any atom is -0.508 e. The van der Waals surface area contributed by atoms with Gasteiger partial charge >= 0.3 is 0 Å². The first-order chi connectivity index (χ1) is 6.24. The van der Waals surface area contributed by atoms with Gasteiger partial charge in [0, 0.05) is 5.75 Å². The molecule has 0 aliphatic rings. The van der Waals surface area contributed by atoms with Gasteiger partial charge in [-0.1, -0.05) is 19.1 Å². The zero-order valence-electron chi connectivity index (χ0n) is 7.40. The molecule has 0 spiro atoms. The summed E-state index contributed by atoms with van der Waals surface area (Å²) in [6.45, 7) is 2.07. The smallest absolute Gasteiger partial charge is 0.133 e. The monoisotopic (exact) mass is 193 g/mol. The van der Waals surface area contributed by atoms with E-state index in [1.165, 1.54) is 11.8 Å². The Labute approximate surface area is 82.2 Å². The number of hydrogen-bond donors (Lipinski definition) is 1. The maximum Gasteiger partial charge on any atom is 0.133 e. The lowest BCUT2D eigenvalue weighted by atomic mass is 10.0. The number of thioether (sulfide) groups is 1. The van der Waals surface area contributed by atoms with Gasteiger partial charge in [0.15, 0.2) is 0 Å². The quantitative estimate of drug-likeness (QED) is 0.750. The molecule has 0 aliphatic heterocycles. The van der Waals surface area contributed by atoms with Crippen molar-refractivity contribution in [3.63, 3.8) is 0 Å². The van der Waals surface area contributed by atoms with E-state index in [9.17, 15) is 0 Å². The van der Waals surface area contributed by atoms with Crippen LogP contribution < -0.4 is 0 Å². The minimum atomic E-state index is 0.281. The molecule has 1 aromatic carbocycles. The van der Waals surface area contributed by atoms with Crippen LogP contribution in [-0.2, 0) is 0 Å². The maximum atomic E-state index is 9.06. The number of nitriles is 1. The van der Waals surface area contributed by atoms with Crippen molar-refractivity contribution in [2.75, 3.05) is 5.75 Å². The second kappa shape index (κ2) is 4.78. The van der Waals surface area contributed by atoms with Gasteiger partial charge in [0.25, 0.3) is 0 Å². The molecule has 0 radical (unpaired) electrons. The average Bonchev–Trinajstić information content (AvgIpc) is 2.15. The molecule has 0 amide bonds. The van der Waals surface area contributed by atoms with E-state index in [4.69, 9.17) is 10.4 Å². The molecular weight excluding hydrogens is 182 g/mol. The highest BCUT2D eigenvalue weighted by atomic mass is 32.2. The third-order valence-electron chi connectivity index (χ3n) is 1.86. The number of nitrogens with zero attached hydrogens (tertiary/aromatic N) is 1. The number of phenolic OH excluding ortho intramolecular Hbond substituents is 1. The Balaban J connectivity index is 2.62. The van der Waals surface area contributed by atoms with Crippen LogP contribution in [0.2, 0.25) is 0 Å². The molecule has 0 aromatic heterocycles. The largest absolute Gasteiger partial charge is 0.508 e. The second-order valence-electron chi connectivity index (χ2n) is 2.89. The van der Waals surface area contributed by atoms with E-state index < -0.39 is 0 Å². The number of aromatic hydroxyl groups is 1. The summed E-state index contributed by atoms with van der Waals surface area (Å²) in [5, 5.41) is 19.5. The van der Waals surface area contributed by atoms with Crippen LogP contribution in [0.3, 0.4) is 0 Å². The second-order valence-corrected chi connectivity index (χ2v) is 3.70. The van der Waals surface area contributed by atoms with E-state index in [1.54, 1.807) is 12.1 Å². The zero-order valence-corrected chi connectivity index (χ0v) is 8.21. The lowest BCUT2D eigenvalue weighted by Gasteiger charge is -2.08. The highest BCUT2D eigenvalue weighted by Crippen LogP contribution is 2.21. The van der Waals surface area contributed by atoms with Crippen molar-refractivity contribution in [1.82, 2.24) is 0 Å².